The molecule has 5 rings (SSSR count). The minimum Gasteiger partial charge on any atom is -0.488 e. The summed E-state index contributed by atoms with van der Waals surface area (Å²) in [6.07, 6.45) is 1.76. The summed E-state index contributed by atoms with van der Waals surface area (Å²) < 4.78 is 6.86. The van der Waals surface area contributed by atoms with Gasteiger partial charge >= 0.3 is 0 Å². The van der Waals surface area contributed by atoms with Crippen molar-refractivity contribution in [2.24, 2.45) is 4.99 Å². The molecule has 0 radical (unpaired) electrons. The molecule has 1 fully saturated rings. The highest BCUT2D eigenvalue weighted by atomic mass is 79.9. The number of ether oxygens (including phenoxy) is 1. The third-order valence-electron chi connectivity index (χ3n) is 5.74. The number of nitro benzene ring substituents is 1. The van der Waals surface area contributed by atoms with E-state index in [2.05, 4.69) is 15.9 Å². The van der Waals surface area contributed by atoms with E-state index >= 15 is 0 Å². The summed E-state index contributed by atoms with van der Waals surface area (Å²) in [5, 5.41) is 12.6. The Morgan fingerprint density at radius 2 is 1.60 bits per heavy atom. The number of nitro groups is 1. The van der Waals surface area contributed by atoms with Gasteiger partial charge < -0.3 is 4.74 Å². The van der Waals surface area contributed by atoms with E-state index in [1.54, 1.807) is 72.8 Å². The van der Waals surface area contributed by atoms with Crippen LogP contribution in [0.3, 0.4) is 0 Å². The van der Waals surface area contributed by atoms with Gasteiger partial charge in [-0.2, -0.15) is 0 Å². The van der Waals surface area contributed by atoms with Crippen LogP contribution in [-0.2, 0) is 11.4 Å². The number of benzene rings is 4. The highest BCUT2D eigenvalue weighted by Gasteiger charge is 2.35. The highest BCUT2D eigenvalue weighted by molar-refractivity contribution is 9.10. The van der Waals surface area contributed by atoms with Gasteiger partial charge in [0.05, 0.1) is 21.2 Å². The normalized spacial score (nSPS) is 15.2. The molecule has 7 nitrogen and oxygen atoms in total. The number of nitrogens with zero attached hydrogens (tertiary/aromatic N) is 3. The van der Waals surface area contributed by atoms with Crippen molar-refractivity contribution in [2.45, 2.75) is 6.61 Å². The number of non-ortho nitro benzene ring substituents is 1. The van der Waals surface area contributed by atoms with Gasteiger partial charge in [-0.05, 0) is 102 Å². The average molecular weight is 655 g/mol. The molecular formula is C29H18BrCl2N3O4S. The summed E-state index contributed by atoms with van der Waals surface area (Å²) in [6.45, 7) is 0.192. The molecule has 4 aromatic carbocycles. The summed E-state index contributed by atoms with van der Waals surface area (Å²) >= 11 is 16.9. The molecule has 0 N–H and O–H groups in total. The third kappa shape index (κ3) is 6.56. The maximum absolute atomic E-state index is 13.7. The van der Waals surface area contributed by atoms with E-state index in [1.165, 1.54) is 28.8 Å². The number of aliphatic imine (C=N–C) groups is 1. The summed E-state index contributed by atoms with van der Waals surface area (Å²) in [6, 6.07) is 25.6. The van der Waals surface area contributed by atoms with E-state index in [-0.39, 0.29) is 18.2 Å². The zero-order valence-electron chi connectivity index (χ0n) is 20.5. The predicted molar refractivity (Wildman–Crippen MR) is 165 cm³/mol. The molecule has 0 aliphatic carbocycles. The van der Waals surface area contributed by atoms with Crippen LogP contribution in [0.4, 0.5) is 17.1 Å². The van der Waals surface area contributed by atoms with E-state index < -0.39 is 4.92 Å². The molecule has 0 aromatic heterocycles. The first-order chi connectivity index (χ1) is 19.3. The number of carbonyl (C=O) groups is 1. The zero-order valence-corrected chi connectivity index (χ0v) is 24.4. The minimum atomic E-state index is -0.447. The van der Waals surface area contributed by atoms with Gasteiger partial charge in [0.2, 0.25) is 0 Å². The van der Waals surface area contributed by atoms with Crippen LogP contribution in [-0.4, -0.2) is 16.0 Å². The molecule has 1 heterocycles. The zero-order chi connectivity index (χ0) is 28.2. The molecule has 0 saturated carbocycles. The third-order valence-corrected chi connectivity index (χ3v) is 7.71. The highest BCUT2D eigenvalue weighted by Crippen LogP contribution is 2.39. The lowest BCUT2D eigenvalue weighted by atomic mass is 10.1. The van der Waals surface area contributed by atoms with Gasteiger partial charge in [0.25, 0.3) is 11.6 Å². The quantitative estimate of drug-likeness (QED) is 0.113. The second-order valence-electron chi connectivity index (χ2n) is 8.49. The lowest BCUT2D eigenvalue weighted by Gasteiger charge is -2.15. The molecule has 4 aromatic rings. The van der Waals surface area contributed by atoms with Crippen molar-refractivity contribution in [3.05, 3.63) is 132 Å². The molecule has 0 unspecified atom stereocenters. The topological polar surface area (TPSA) is 85.0 Å². The average Bonchev–Trinajstić information content (AvgIpc) is 3.24. The Hall–Kier alpha value is -3.63. The maximum Gasteiger partial charge on any atom is 0.271 e. The summed E-state index contributed by atoms with van der Waals surface area (Å²) in [7, 11) is 0. The number of hydrogen-bond acceptors (Lipinski definition) is 6. The number of thioether (sulfide) groups is 1. The van der Waals surface area contributed by atoms with E-state index in [9.17, 15) is 14.9 Å². The Labute approximate surface area is 252 Å². The molecule has 1 aliphatic heterocycles. The van der Waals surface area contributed by atoms with E-state index in [1.807, 2.05) is 12.1 Å². The fraction of sp³-hybridized carbons (Fsp3) is 0.0345. The fourth-order valence-electron chi connectivity index (χ4n) is 3.77. The maximum atomic E-state index is 13.7. The predicted octanol–water partition coefficient (Wildman–Crippen LogP) is 9.05. The van der Waals surface area contributed by atoms with Crippen molar-refractivity contribution in [1.29, 1.82) is 0 Å². The van der Waals surface area contributed by atoms with Crippen LogP contribution in [0.5, 0.6) is 5.75 Å². The smallest absolute Gasteiger partial charge is 0.271 e. The summed E-state index contributed by atoms with van der Waals surface area (Å²) in [4.78, 5) is 30.9. The summed E-state index contributed by atoms with van der Waals surface area (Å²) in [5.41, 5.74) is 2.73. The van der Waals surface area contributed by atoms with Gasteiger partial charge in [0.15, 0.2) is 5.17 Å². The molecule has 0 spiro atoms. The van der Waals surface area contributed by atoms with Gasteiger partial charge in [-0.15, -0.1) is 0 Å². The number of amidine groups is 1. The number of amides is 1. The fourth-order valence-corrected chi connectivity index (χ4v) is 5.40. The van der Waals surface area contributed by atoms with E-state index in [0.29, 0.717) is 42.8 Å². The van der Waals surface area contributed by atoms with Crippen molar-refractivity contribution in [3.63, 3.8) is 0 Å². The first-order valence-corrected chi connectivity index (χ1v) is 14.1. The molecule has 200 valence electrons. The van der Waals surface area contributed by atoms with Crippen molar-refractivity contribution < 1.29 is 14.5 Å². The number of halogens is 3. The molecule has 1 aliphatic rings. The van der Waals surface area contributed by atoms with Gasteiger partial charge in [0.1, 0.15) is 12.4 Å². The van der Waals surface area contributed by atoms with Crippen molar-refractivity contribution >= 4 is 85.1 Å². The molecule has 1 saturated heterocycles. The Morgan fingerprint density at radius 1 is 0.950 bits per heavy atom. The Morgan fingerprint density at radius 3 is 2.25 bits per heavy atom. The second-order valence-corrected chi connectivity index (χ2v) is 11.3. The lowest BCUT2D eigenvalue weighted by Crippen LogP contribution is -2.28. The first kappa shape index (κ1) is 27.9. The van der Waals surface area contributed by atoms with Gasteiger partial charge in [-0.1, -0.05) is 39.1 Å². The SMILES string of the molecule is O=C1/C(=C/c2cc(Br)ccc2OCc2ccc([N+](=O)[O-])cc2)SC(=Nc2ccc(Cl)cc2)N1c1ccc(Cl)cc1. The van der Waals surface area contributed by atoms with Crippen LogP contribution in [0.2, 0.25) is 10.0 Å². The number of hydrogen-bond donors (Lipinski definition) is 0. The second kappa shape index (κ2) is 12.3. The van der Waals surface area contributed by atoms with Crippen molar-refractivity contribution in [3.8, 4) is 5.75 Å². The van der Waals surface area contributed by atoms with Gasteiger partial charge in [0, 0.05) is 32.2 Å². The number of carbonyl (C=O) groups excluding carboxylic acids is 1. The summed E-state index contributed by atoms with van der Waals surface area (Å²) in [5.74, 6) is 0.296. The van der Waals surface area contributed by atoms with Crippen LogP contribution in [0, 0.1) is 10.1 Å². The Kier molecular flexibility index (Phi) is 8.56. The van der Waals surface area contributed by atoms with Crippen molar-refractivity contribution in [2.75, 3.05) is 4.90 Å². The van der Waals surface area contributed by atoms with Gasteiger partial charge in [-0.25, -0.2) is 4.99 Å². The largest absolute Gasteiger partial charge is 0.488 e. The van der Waals surface area contributed by atoms with Crippen LogP contribution < -0.4 is 9.64 Å². The molecule has 40 heavy (non-hydrogen) atoms. The standard InChI is InChI=1S/C29H18BrCl2N3O4S/c30-20-3-14-26(39-17-18-1-10-25(11-2-18)35(37)38)19(15-20)16-27-28(36)34(24-12-6-22(32)7-13-24)29(40-27)33-23-8-4-21(31)5-9-23/h1-16H,17H2/b27-16-,33-29?. The van der Waals surface area contributed by atoms with Crippen molar-refractivity contribution in [1.82, 2.24) is 0 Å². The first-order valence-electron chi connectivity index (χ1n) is 11.8. The Balaban J connectivity index is 1.47. The number of anilines is 1. The van der Waals surface area contributed by atoms with E-state index in [0.717, 1.165) is 10.0 Å². The van der Waals surface area contributed by atoms with Gasteiger partial charge in [-0.3, -0.25) is 19.8 Å². The van der Waals surface area contributed by atoms with Crippen LogP contribution in [0.15, 0.2) is 105 Å². The lowest BCUT2D eigenvalue weighted by molar-refractivity contribution is -0.384. The number of rotatable bonds is 7. The molecule has 1 amide bonds. The molecule has 11 heteroatoms. The minimum absolute atomic E-state index is 0.0101. The Bertz CT molecular complexity index is 1640. The van der Waals surface area contributed by atoms with Crippen LogP contribution in [0.1, 0.15) is 11.1 Å². The van der Waals surface area contributed by atoms with Crippen LogP contribution in [0.25, 0.3) is 6.08 Å². The molecule has 0 bridgehead atoms. The monoisotopic (exact) mass is 653 g/mol. The molecule has 0 atom stereocenters. The van der Waals surface area contributed by atoms with Crippen LogP contribution >= 0.6 is 50.9 Å². The van der Waals surface area contributed by atoms with E-state index in [4.69, 9.17) is 32.9 Å². The molecular weight excluding hydrogens is 637 g/mol.